The fourth-order valence-electron chi connectivity index (χ4n) is 3.31. The average Bonchev–Trinajstić information content (AvgIpc) is 2.98. The fourth-order valence-corrected chi connectivity index (χ4v) is 3.31. The van der Waals surface area contributed by atoms with Crippen LogP contribution in [0.5, 0.6) is 0 Å². The van der Waals surface area contributed by atoms with E-state index in [0.29, 0.717) is 12.1 Å². The summed E-state index contributed by atoms with van der Waals surface area (Å²) in [6.45, 7) is 0. The third-order valence-corrected chi connectivity index (χ3v) is 4.14. The number of hydrogen-bond donors (Lipinski definition) is 2. The Kier molecular flexibility index (Phi) is 3.04. The van der Waals surface area contributed by atoms with Crippen LogP contribution in [-0.4, -0.2) is 17.0 Å². The van der Waals surface area contributed by atoms with Gasteiger partial charge in [0.1, 0.15) is 5.82 Å². The van der Waals surface area contributed by atoms with Gasteiger partial charge in [-0.05, 0) is 36.5 Å². The number of allylic oxidation sites excluding steroid dienone is 2. The van der Waals surface area contributed by atoms with E-state index >= 15 is 0 Å². The highest BCUT2D eigenvalue weighted by Gasteiger charge is 2.51. The molecule has 3 rings (SSSR count). The molecule has 0 aliphatic heterocycles. The van der Waals surface area contributed by atoms with Crippen molar-refractivity contribution in [3.63, 3.8) is 0 Å². The van der Waals surface area contributed by atoms with E-state index in [4.69, 9.17) is 0 Å². The number of amides is 1. The van der Waals surface area contributed by atoms with Gasteiger partial charge in [0.05, 0.1) is 11.8 Å². The smallest absolute Gasteiger partial charge is 0.307 e. The minimum Gasteiger partial charge on any atom is -0.481 e. The van der Waals surface area contributed by atoms with Crippen molar-refractivity contribution in [1.82, 2.24) is 0 Å². The largest absolute Gasteiger partial charge is 0.481 e. The summed E-state index contributed by atoms with van der Waals surface area (Å²) < 4.78 is 13.1. The zero-order valence-electron chi connectivity index (χ0n) is 10.6. The fraction of sp³-hybridized carbons (Fsp3) is 0.333. The number of carbonyl (C=O) groups is 2. The zero-order valence-corrected chi connectivity index (χ0v) is 10.6. The normalized spacial score (nSPS) is 30.4. The number of benzene rings is 1. The van der Waals surface area contributed by atoms with Crippen LogP contribution >= 0.6 is 0 Å². The lowest BCUT2D eigenvalue weighted by atomic mass is 9.82. The molecule has 20 heavy (non-hydrogen) atoms. The summed E-state index contributed by atoms with van der Waals surface area (Å²) in [6.07, 6.45) is 4.51. The number of aliphatic carboxylic acids is 1. The first-order valence-corrected chi connectivity index (χ1v) is 6.54. The maximum absolute atomic E-state index is 13.1. The first-order chi connectivity index (χ1) is 9.56. The molecular formula is C15H14FNO3. The Bertz CT molecular complexity index is 599. The van der Waals surface area contributed by atoms with Crippen molar-refractivity contribution in [2.24, 2.45) is 23.7 Å². The third-order valence-electron chi connectivity index (χ3n) is 4.14. The summed E-state index contributed by atoms with van der Waals surface area (Å²) in [5.41, 5.74) is 0.353. The number of carboxylic acids is 1. The second kappa shape index (κ2) is 4.74. The highest BCUT2D eigenvalue weighted by atomic mass is 19.1. The summed E-state index contributed by atoms with van der Waals surface area (Å²) >= 11 is 0. The molecule has 4 atom stereocenters. The van der Waals surface area contributed by atoms with E-state index in [-0.39, 0.29) is 17.7 Å². The van der Waals surface area contributed by atoms with Gasteiger partial charge in [0.25, 0.3) is 0 Å². The molecule has 2 N–H and O–H groups in total. The van der Waals surface area contributed by atoms with Gasteiger partial charge in [-0.15, -0.1) is 0 Å². The van der Waals surface area contributed by atoms with Gasteiger partial charge in [0, 0.05) is 5.69 Å². The van der Waals surface area contributed by atoms with Gasteiger partial charge in [-0.2, -0.15) is 0 Å². The second-order valence-electron chi connectivity index (χ2n) is 5.34. The van der Waals surface area contributed by atoms with Crippen LogP contribution < -0.4 is 5.32 Å². The molecule has 2 aliphatic carbocycles. The Morgan fingerprint density at radius 3 is 2.55 bits per heavy atom. The molecule has 0 saturated heterocycles. The number of hydrogen-bond acceptors (Lipinski definition) is 2. The van der Waals surface area contributed by atoms with E-state index in [0.717, 1.165) is 0 Å². The van der Waals surface area contributed by atoms with Crippen LogP contribution in [0.15, 0.2) is 36.4 Å². The van der Waals surface area contributed by atoms with Crippen molar-refractivity contribution < 1.29 is 19.1 Å². The number of nitrogens with one attached hydrogen (secondary N) is 1. The molecule has 1 saturated carbocycles. The standard InChI is InChI=1S/C15H14FNO3/c16-10-2-1-3-11(7-10)17-14(18)12-8-4-5-9(6-8)13(12)15(19)20/h1-5,7-9,12-13H,6H2,(H,17,18)(H,19,20)/t8-,9+,12-,13+/m1/s1. The van der Waals surface area contributed by atoms with E-state index in [1.807, 2.05) is 12.2 Å². The van der Waals surface area contributed by atoms with Crippen LogP contribution in [-0.2, 0) is 9.59 Å². The predicted molar refractivity (Wildman–Crippen MR) is 70.4 cm³/mol. The lowest BCUT2D eigenvalue weighted by molar-refractivity contribution is -0.146. The lowest BCUT2D eigenvalue weighted by Gasteiger charge is -2.23. The van der Waals surface area contributed by atoms with Crippen LogP contribution in [0.1, 0.15) is 6.42 Å². The highest BCUT2D eigenvalue weighted by molar-refractivity contribution is 5.96. The van der Waals surface area contributed by atoms with Crippen molar-refractivity contribution in [3.8, 4) is 0 Å². The molecule has 0 aromatic heterocycles. The number of carbonyl (C=O) groups excluding carboxylic acids is 1. The Hall–Kier alpha value is -2.17. The number of carboxylic acid groups (broad SMARTS) is 1. The Labute approximate surface area is 115 Å². The van der Waals surface area contributed by atoms with Gasteiger partial charge in [-0.25, -0.2) is 4.39 Å². The van der Waals surface area contributed by atoms with E-state index < -0.39 is 23.6 Å². The highest BCUT2D eigenvalue weighted by Crippen LogP contribution is 2.48. The van der Waals surface area contributed by atoms with E-state index in [1.165, 1.54) is 18.2 Å². The second-order valence-corrected chi connectivity index (χ2v) is 5.34. The van der Waals surface area contributed by atoms with Gasteiger partial charge < -0.3 is 10.4 Å². The van der Waals surface area contributed by atoms with E-state index in [9.17, 15) is 19.1 Å². The summed E-state index contributed by atoms with van der Waals surface area (Å²) in [5, 5.41) is 11.9. The molecule has 1 aromatic carbocycles. The first-order valence-electron chi connectivity index (χ1n) is 6.54. The number of anilines is 1. The van der Waals surface area contributed by atoms with Gasteiger partial charge in [-0.1, -0.05) is 18.2 Å². The summed E-state index contributed by atoms with van der Waals surface area (Å²) in [5.74, 6) is -3.09. The molecule has 104 valence electrons. The molecular weight excluding hydrogens is 261 g/mol. The molecule has 2 aliphatic rings. The van der Waals surface area contributed by atoms with Crippen molar-refractivity contribution in [1.29, 1.82) is 0 Å². The van der Waals surface area contributed by atoms with Gasteiger partial charge in [-0.3, -0.25) is 9.59 Å². The average molecular weight is 275 g/mol. The molecule has 5 heteroatoms. The van der Waals surface area contributed by atoms with Crippen LogP contribution in [0.3, 0.4) is 0 Å². The Morgan fingerprint density at radius 1 is 1.20 bits per heavy atom. The lowest BCUT2D eigenvalue weighted by Crippen LogP contribution is -2.36. The predicted octanol–water partition coefficient (Wildman–Crippen LogP) is 2.29. The van der Waals surface area contributed by atoms with Crippen LogP contribution in [0.4, 0.5) is 10.1 Å². The zero-order chi connectivity index (χ0) is 14.3. The minimum atomic E-state index is -0.943. The molecule has 1 fully saturated rings. The van der Waals surface area contributed by atoms with Crippen molar-refractivity contribution in [2.45, 2.75) is 6.42 Å². The molecule has 0 spiro atoms. The topological polar surface area (TPSA) is 66.4 Å². The quantitative estimate of drug-likeness (QED) is 0.832. The maximum Gasteiger partial charge on any atom is 0.307 e. The van der Waals surface area contributed by atoms with Crippen molar-refractivity contribution >= 4 is 17.6 Å². The molecule has 2 bridgehead atoms. The van der Waals surface area contributed by atoms with E-state index in [1.54, 1.807) is 6.07 Å². The van der Waals surface area contributed by atoms with Gasteiger partial charge in [0.2, 0.25) is 5.91 Å². The molecule has 0 radical (unpaired) electrons. The molecule has 1 amide bonds. The number of halogens is 1. The van der Waals surface area contributed by atoms with Gasteiger partial charge >= 0.3 is 5.97 Å². The molecule has 1 aromatic rings. The van der Waals surface area contributed by atoms with Gasteiger partial charge in [0.15, 0.2) is 0 Å². The number of fused-ring (bicyclic) bond motifs is 2. The molecule has 4 nitrogen and oxygen atoms in total. The van der Waals surface area contributed by atoms with Crippen LogP contribution in [0.25, 0.3) is 0 Å². The number of rotatable bonds is 3. The maximum atomic E-state index is 13.1. The SMILES string of the molecule is O=C(O)[C@@H]1[C@H](C(=O)Nc2cccc(F)c2)[C@@H]2C=C[C@H]1C2. The van der Waals surface area contributed by atoms with Crippen molar-refractivity contribution in [2.75, 3.05) is 5.32 Å². The summed E-state index contributed by atoms with van der Waals surface area (Å²) in [7, 11) is 0. The molecule has 0 unspecified atom stereocenters. The monoisotopic (exact) mass is 275 g/mol. The van der Waals surface area contributed by atoms with Crippen LogP contribution in [0, 0.1) is 29.5 Å². The minimum absolute atomic E-state index is 0.0327. The third kappa shape index (κ3) is 2.09. The Balaban J connectivity index is 1.80. The molecule has 0 heterocycles. The summed E-state index contributed by atoms with van der Waals surface area (Å²) in [4.78, 5) is 23.6. The summed E-state index contributed by atoms with van der Waals surface area (Å²) in [6, 6.07) is 5.59. The first kappa shape index (κ1) is 12.8. The van der Waals surface area contributed by atoms with Crippen LogP contribution in [0.2, 0.25) is 0 Å². The Morgan fingerprint density at radius 2 is 1.90 bits per heavy atom. The van der Waals surface area contributed by atoms with Crippen molar-refractivity contribution in [3.05, 3.63) is 42.2 Å². The van der Waals surface area contributed by atoms with E-state index in [2.05, 4.69) is 5.32 Å².